The molecule has 1 aromatic rings. The molecule has 1 heterocycles. The van der Waals surface area contributed by atoms with Gasteiger partial charge in [0.15, 0.2) is 0 Å². The minimum Gasteiger partial charge on any atom is -0.357 e. The van der Waals surface area contributed by atoms with Crippen molar-refractivity contribution in [2.24, 2.45) is 0 Å². The third kappa shape index (κ3) is 3.00. The summed E-state index contributed by atoms with van der Waals surface area (Å²) in [4.78, 5) is 36.2. The zero-order valence-electron chi connectivity index (χ0n) is 11.5. The van der Waals surface area contributed by atoms with Crippen LogP contribution in [-0.2, 0) is 4.79 Å². The number of para-hydroxylation sites is 1. The number of benzene rings is 1. The van der Waals surface area contributed by atoms with Gasteiger partial charge in [-0.25, -0.2) is 0 Å². The van der Waals surface area contributed by atoms with Gasteiger partial charge in [-0.15, -0.1) is 0 Å². The van der Waals surface area contributed by atoms with E-state index in [0.29, 0.717) is 19.6 Å². The number of hydrogen-bond donors (Lipinski definition) is 2. The molecule has 1 aromatic carbocycles. The Labute approximate surface area is 121 Å². The maximum atomic E-state index is 12.6. The van der Waals surface area contributed by atoms with Crippen molar-refractivity contribution >= 4 is 17.5 Å². The van der Waals surface area contributed by atoms with Crippen molar-refractivity contribution in [3.63, 3.8) is 0 Å². The summed E-state index contributed by atoms with van der Waals surface area (Å²) in [5, 5.41) is 16.6. The summed E-state index contributed by atoms with van der Waals surface area (Å²) >= 11 is 0. The molecule has 0 bridgehead atoms. The second-order valence-electron chi connectivity index (χ2n) is 4.61. The highest BCUT2D eigenvalue weighted by Crippen LogP contribution is 2.21. The van der Waals surface area contributed by atoms with E-state index in [2.05, 4.69) is 10.6 Å². The van der Waals surface area contributed by atoms with Crippen LogP contribution < -0.4 is 10.6 Å². The number of nitrogens with one attached hydrogen (secondary N) is 2. The molecule has 0 radical (unpaired) electrons. The van der Waals surface area contributed by atoms with Crippen molar-refractivity contribution in [3.05, 3.63) is 39.9 Å². The number of nitrogens with zero attached hydrogens (tertiary/aromatic N) is 2. The van der Waals surface area contributed by atoms with E-state index in [1.165, 1.54) is 30.1 Å². The third-order valence-electron chi connectivity index (χ3n) is 3.38. The number of nitro benzene ring substituents is 1. The summed E-state index contributed by atoms with van der Waals surface area (Å²) < 4.78 is 0. The maximum absolute atomic E-state index is 12.6. The van der Waals surface area contributed by atoms with Crippen LogP contribution >= 0.6 is 0 Å². The third-order valence-corrected chi connectivity index (χ3v) is 3.38. The van der Waals surface area contributed by atoms with E-state index in [1.807, 2.05) is 0 Å². The summed E-state index contributed by atoms with van der Waals surface area (Å²) in [5.41, 5.74) is -0.255. The highest BCUT2D eigenvalue weighted by atomic mass is 16.6. The van der Waals surface area contributed by atoms with Crippen molar-refractivity contribution in [1.82, 2.24) is 15.5 Å². The van der Waals surface area contributed by atoms with E-state index in [4.69, 9.17) is 0 Å². The molecule has 1 aliphatic heterocycles. The Morgan fingerprint density at radius 1 is 1.43 bits per heavy atom. The molecule has 2 rings (SSSR count). The Bertz CT molecular complexity index is 575. The van der Waals surface area contributed by atoms with Crippen molar-refractivity contribution in [2.75, 3.05) is 26.7 Å². The van der Waals surface area contributed by atoms with Crippen LogP contribution in [0.1, 0.15) is 10.4 Å². The predicted octanol–water partition coefficient (Wildman–Crippen LogP) is -0.245. The SMILES string of the molecule is CNC(=O)C1CNCCN1C(=O)c1ccccc1[N+](=O)[O-]. The number of likely N-dealkylation sites (N-methyl/N-ethyl adjacent to an activating group) is 1. The van der Waals surface area contributed by atoms with Crippen molar-refractivity contribution < 1.29 is 14.5 Å². The van der Waals surface area contributed by atoms with E-state index in [0.717, 1.165) is 0 Å². The highest BCUT2D eigenvalue weighted by molar-refractivity contribution is 6.00. The first-order valence-electron chi connectivity index (χ1n) is 6.53. The standard InChI is InChI=1S/C13H16N4O4/c1-14-12(18)11-8-15-6-7-16(11)13(19)9-4-2-3-5-10(9)17(20)21/h2-5,11,15H,6-8H2,1H3,(H,14,18). The van der Waals surface area contributed by atoms with Crippen LogP contribution in [0.4, 0.5) is 5.69 Å². The number of nitro groups is 1. The van der Waals surface area contributed by atoms with Crippen LogP contribution in [0.5, 0.6) is 0 Å². The van der Waals surface area contributed by atoms with Gasteiger partial charge in [0, 0.05) is 32.7 Å². The summed E-state index contributed by atoms with van der Waals surface area (Å²) in [5.74, 6) is -0.800. The molecule has 0 spiro atoms. The van der Waals surface area contributed by atoms with E-state index in [1.54, 1.807) is 6.07 Å². The summed E-state index contributed by atoms with van der Waals surface area (Å²) in [6.07, 6.45) is 0. The largest absolute Gasteiger partial charge is 0.357 e. The van der Waals surface area contributed by atoms with Crippen LogP contribution in [0.3, 0.4) is 0 Å². The maximum Gasteiger partial charge on any atom is 0.282 e. The molecule has 0 aromatic heterocycles. The fourth-order valence-electron chi connectivity index (χ4n) is 2.32. The normalized spacial score (nSPS) is 18.1. The monoisotopic (exact) mass is 292 g/mol. The molecule has 8 heteroatoms. The van der Waals surface area contributed by atoms with Crippen LogP contribution in [0.2, 0.25) is 0 Å². The lowest BCUT2D eigenvalue weighted by Crippen LogP contribution is -2.59. The van der Waals surface area contributed by atoms with Crippen molar-refractivity contribution in [3.8, 4) is 0 Å². The average Bonchev–Trinajstić information content (AvgIpc) is 2.53. The number of rotatable bonds is 3. The lowest BCUT2D eigenvalue weighted by atomic mass is 10.1. The molecule has 112 valence electrons. The van der Waals surface area contributed by atoms with Gasteiger partial charge in [0.2, 0.25) is 5.91 Å². The Balaban J connectivity index is 2.33. The van der Waals surface area contributed by atoms with Gasteiger partial charge in [0.1, 0.15) is 11.6 Å². The van der Waals surface area contributed by atoms with Gasteiger partial charge in [-0.1, -0.05) is 12.1 Å². The zero-order chi connectivity index (χ0) is 15.4. The first kappa shape index (κ1) is 14.9. The molecular formula is C13H16N4O4. The van der Waals surface area contributed by atoms with E-state index in [-0.39, 0.29) is 17.2 Å². The zero-order valence-corrected chi connectivity index (χ0v) is 11.5. The number of carbonyl (C=O) groups excluding carboxylic acids is 2. The highest BCUT2D eigenvalue weighted by Gasteiger charge is 2.34. The van der Waals surface area contributed by atoms with Gasteiger partial charge in [0.25, 0.3) is 11.6 Å². The molecule has 1 unspecified atom stereocenters. The molecule has 1 fully saturated rings. The van der Waals surface area contributed by atoms with E-state index >= 15 is 0 Å². The molecule has 21 heavy (non-hydrogen) atoms. The predicted molar refractivity (Wildman–Crippen MR) is 74.9 cm³/mol. The smallest absolute Gasteiger partial charge is 0.282 e. The number of hydrogen-bond acceptors (Lipinski definition) is 5. The molecule has 0 saturated carbocycles. The van der Waals surface area contributed by atoms with Crippen LogP contribution in [0.25, 0.3) is 0 Å². The lowest BCUT2D eigenvalue weighted by Gasteiger charge is -2.34. The van der Waals surface area contributed by atoms with Crippen molar-refractivity contribution in [1.29, 1.82) is 0 Å². The molecule has 1 atom stereocenters. The Hall–Kier alpha value is -2.48. The number of carbonyl (C=O) groups is 2. The van der Waals surface area contributed by atoms with Gasteiger partial charge in [-0.05, 0) is 6.07 Å². The van der Waals surface area contributed by atoms with E-state index in [9.17, 15) is 19.7 Å². The molecule has 1 aliphatic rings. The van der Waals surface area contributed by atoms with Gasteiger partial charge in [-0.3, -0.25) is 19.7 Å². The Kier molecular flexibility index (Phi) is 4.49. The second kappa shape index (κ2) is 6.31. The number of piperazine rings is 1. The summed E-state index contributed by atoms with van der Waals surface area (Å²) in [7, 11) is 1.49. The topological polar surface area (TPSA) is 105 Å². The lowest BCUT2D eigenvalue weighted by molar-refractivity contribution is -0.385. The van der Waals surface area contributed by atoms with Crippen molar-refractivity contribution in [2.45, 2.75) is 6.04 Å². The van der Waals surface area contributed by atoms with Gasteiger partial charge in [0.05, 0.1) is 4.92 Å². The van der Waals surface area contributed by atoms with Gasteiger partial charge >= 0.3 is 0 Å². The van der Waals surface area contributed by atoms with Crippen LogP contribution in [-0.4, -0.2) is 54.4 Å². The summed E-state index contributed by atoms with van der Waals surface area (Å²) in [6.45, 7) is 1.19. The fraction of sp³-hybridized carbons (Fsp3) is 0.385. The minimum atomic E-state index is -0.670. The first-order chi connectivity index (χ1) is 10.1. The summed E-state index contributed by atoms with van der Waals surface area (Å²) in [6, 6.07) is 5.09. The molecule has 2 amide bonds. The van der Waals surface area contributed by atoms with Crippen LogP contribution in [0, 0.1) is 10.1 Å². The molecule has 1 saturated heterocycles. The van der Waals surface area contributed by atoms with Crippen LogP contribution in [0.15, 0.2) is 24.3 Å². The first-order valence-corrected chi connectivity index (χ1v) is 6.53. The fourth-order valence-corrected chi connectivity index (χ4v) is 2.32. The Morgan fingerprint density at radius 2 is 2.14 bits per heavy atom. The average molecular weight is 292 g/mol. The second-order valence-corrected chi connectivity index (χ2v) is 4.61. The Morgan fingerprint density at radius 3 is 2.81 bits per heavy atom. The molecular weight excluding hydrogens is 276 g/mol. The van der Waals surface area contributed by atoms with E-state index < -0.39 is 16.9 Å². The molecule has 2 N–H and O–H groups in total. The molecule has 8 nitrogen and oxygen atoms in total. The van der Waals surface area contributed by atoms with Gasteiger partial charge in [-0.2, -0.15) is 0 Å². The number of amides is 2. The quantitative estimate of drug-likeness (QED) is 0.590. The minimum absolute atomic E-state index is 0.00157. The van der Waals surface area contributed by atoms with Gasteiger partial charge < -0.3 is 15.5 Å². The molecule has 0 aliphatic carbocycles.